The van der Waals surface area contributed by atoms with Crippen molar-refractivity contribution in [1.82, 2.24) is 10.2 Å². The summed E-state index contributed by atoms with van der Waals surface area (Å²) >= 11 is 0. The van der Waals surface area contributed by atoms with Crippen molar-refractivity contribution in [1.29, 1.82) is 0 Å². The lowest BCUT2D eigenvalue weighted by atomic mass is 9.97. The van der Waals surface area contributed by atoms with Gasteiger partial charge in [0, 0.05) is 19.6 Å². The molecule has 0 saturated heterocycles. The first-order valence-corrected chi connectivity index (χ1v) is 6.70. The van der Waals surface area contributed by atoms with Gasteiger partial charge in [-0.3, -0.25) is 0 Å². The van der Waals surface area contributed by atoms with Crippen molar-refractivity contribution >= 4 is 6.03 Å². The number of amides is 2. The largest absolute Gasteiger partial charge is 0.335 e. The van der Waals surface area contributed by atoms with Crippen LogP contribution in [0.5, 0.6) is 0 Å². The molecule has 0 aromatic rings. The van der Waals surface area contributed by atoms with Crippen LogP contribution in [-0.4, -0.2) is 30.6 Å². The Balaban J connectivity index is 2.37. The van der Waals surface area contributed by atoms with E-state index < -0.39 is 0 Å². The third kappa shape index (κ3) is 3.69. The van der Waals surface area contributed by atoms with Crippen molar-refractivity contribution in [3.8, 4) is 0 Å². The van der Waals surface area contributed by atoms with E-state index in [-0.39, 0.29) is 6.03 Å². The van der Waals surface area contributed by atoms with Crippen molar-refractivity contribution in [3.63, 3.8) is 0 Å². The lowest BCUT2D eigenvalue weighted by Gasteiger charge is -2.24. The molecule has 1 saturated carbocycles. The average molecular weight is 226 g/mol. The maximum Gasteiger partial charge on any atom is 0.317 e. The van der Waals surface area contributed by atoms with Crippen LogP contribution in [-0.2, 0) is 0 Å². The number of nitrogens with zero attached hydrogens (tertiary/aromatic N) is 1. The fourth-order valence-electron chi connectivity index (χ4n) is 2.45. The Morgan fingerprint density at radius 2 is 2.12 bits per heavy atom. The molecule has 3 nitrogen and oxygen atoms in total. The van der Waals surface area contributed by atoms with Crippen LogP contribution in [0.3, 0.4) is 0 Å². The monoisotopic (exact) mass is 226 g/mol. The van der Waals surface area contributed by atoms with Gasteiger partial charge in [0.05, 0.1) is 0 Å². The first-order valence-electron chi connectivity index (χ1n) is 6.70. The summed E-state index contributed by atoms with van der Waals surface area (Å²) in [6.45, 7) is 5.01. The zero-order chi connectivity index (χ0) is 12.0. The van der Waals surface area contributed by atoms with E-state index >= 15 is 0 Å². The van der Waals surface area contributed by atoms with Crippen LogP contribution < -0.4 is 5.32 Å². The molecule has 1 aliphatic rings. The zero-order valence-corrected chi connectivity index (χ0v) is 11.0. The summed E-state index contributed by atoms with van der Waals surface area (Å²) in [5.74, 6) is 0.717. The molecule has 0 aromatic heterocycles. The SMILES string of the molecule is CCCC[C@@H]1CCC[C@@H]1NC(=O)N(C)CC. The Morgan fingerprint density at radius 1 is 1.38 bits per heavy atom. The van der Waals surface area contributed by atoms with Gasteiger partial charge in [0.1, 0.15) is 0 Å². The number of hydrogen-bond acceptors (Lipinski definition) is 1. The maximum atomic E-state index is 11.8. The third-order valence-electron chi connectivity index (χ3n) is 3.72. The van der Waals surface area contributed by atoms with Gasteiger partial charge in [0.2, 0.25) is 0 Å². The van der Waals surface area contributed by atoms with Crippen LogP contribution in [0.1, 0.15) is 52.4 Å². The lowest BCUT2D eigenvalue weighted by Crippen LogP contribution is -2.44. The number of carbonyl (C=O) groups excluding carboxylic acids is 1. The van der Waals surface area contributed by atoms with E-state index in [1.54, 1.807) is 4.90 Å². The molecule has 0 aromatic carbocycles. The lowest BCUT2D eigenvalue weighted by molar-refractivity contribution is 0.202. The number of rotatable bonds is 5. The highest BCUT2D eigenvalue weighted by Gasteiger charge is 2.28. The van der Waals surface area contributed by atoms with Crippen LogP contribution in [0.4, 0.5) is 4.79 Å². The van der Waals surface area contributed by atoms with E-state index in [2.05, 4.69) is 12.2 Å². The van der Waals surface area contributed by atoms with Gasteiger partial charge in [-0.1, -0.05) is 26.2 Å². The third-order valence-corrected chi connectivity index (χ3v) is 3.72. The van der Waals surface area contributed by atoms with Gasteiger partial charge in [-0.15, -0.1) is 0 Å². The van der Waals surface area contributed by atoms with Gasteiger partial charge in [-0.2, -0.15) is 0 Å². The van der Waals surface area contributed by atoms with E-state index in [9.17, 15) is 4.79 Å². The molecule has 1 aliphatic carbocycles. The maximum absolute atomic E-state index is 11.8. The second-order valence-corrected chi connectivity index (χ2v) is 4.90. The fourth-order valence-corrected chi connectivity index (χ4v) is 2.45. The molecule has 0 unspecified atom stereocenters. The fraction of sp³-hybridized carbons (Fsp3) is 0.923. The minimum Gasteiger partial charge on any atom is -0.335 e. The van der Waals surface area contributed by atoms with E-state index in [1.807, 2.05) is 14.0 Å². The number of carbonyl (C=O) groups is 1. The first-order chi connectivity index (χ1) is 7.69. The molecule has 1 rings (SSSR count). The molecule has 3 heteroatoms. The highest BCUT2D eigenvalue weighted by molar-refractivity contribution is 5.74. The Kier molecular flexibility index (Phi) is 5.64. The predicted molar refractivity (Wildman–Crippen MR) is 67.5 cm³/mol. The van der Waals surface area contributed by atoms with Crippen molar-refractivity contribution in [2.75, 3.05) is 13.6 Å². The summed E-state index contributed by atoms with van der Waals surface area (Å²) in [6, 6.07) is 0.518. The van der Waals surface area contributed by atoms with Gasteiger partial charge >= 0.3 is 6.03 Å². The molecular weight excluding hydrogens is 200 g/mol. The van der Waals surface area contributed by atoms with E-state index in [4.69, 9.17) is 0 Å². The van der Waals surface area contributed by atoms with Crippen molar-refractivity contribution < 1.29 is 4.79 Å². The second-order valence-electron chi connectivity index (χ2n) is 4.90. The standard InChI is InChI=1S/C13H26N2O/c1-4-6-8-11-9-7-10-12(11)14-13(16)15(3)5-2/h11-12H,4-10H2,1-3H3,(H,14,16)/t11-,12+/m1/s1. The molecule has 1 fully saturated rings. The molecule has 0 radical (unpaired) electrons. The van der Waals surface area contributed by atoms with E-state index in [0.29, 0.717) is 12.0 Å². The Morgan fingerprint density at radius 3 is 2.75 bits per heavy atom. The molecule has 0 heterocycles. The number of urea groups is 1. The van der Waals surface area contributed by atoms with Crippen LogP contribution in [0.15, 0.2) is 0 Å². The molecule has 1 N–H and O–H groups in total. The number of nitrogens with one attached hydrogen (secondary N) is 1. The summed E-state index contributed by atoms with van der Waals surface area (Å²) in [7, 11) is 1.85. The predicted octanol–water partition coefficient (Wildman–Crippen LogP) is 3.01. The van der Waals surface area contributed by atoms with Crippen molar-refractivity contribution in [2.45, 2.75) is 58.4 Å². The van der Waals surface area contributed by atoms with Crippen molar-refractivity contribution in [3.05, 3.63) is 0 Å². The topological polar surface area (TPSA) is 32.3 Å². The number of hydrogen-bond donors (Lipinski definition) is 1. The van der Waals surface area contributed by atoms with Crippen LogP contribution in [0.2, 0.25) is 0 Å². The molecule has 0 spiro atoms. The quantitative estimate of drug-likeness (QED) is 0.768. The normalized spacial score (nSPS) is 24.4. The zero-order valence-electron chi connectivity index (χ0n) is 11.0. The number of unbranched alkanes of at least 4 members (excludes halogenated alkanes) is 1. The van der Waals surface area contributed by atoms with Gasteiger partial charge in [-0.25, -0.2) is 4.79 Å². The summed E-state index contributed by atoms with van der Waals surface area (Å²) < 4.78 is 0. The summed E-state index contributed by atoms with van der Waals surface area (Å²) in [4.78, 5) is 13.5. The summed E-state index contributed by atoms with van der Waals surface area (Å²) in [5.41, 5.74) is 0. The van der Waals surface area contributed by atoms with E-state index in [0.717, 1.165) is 13.0 Å². The highest BCUT2D eigenvalue weighted by Crippen LogP contribution is 2.29. The summed E-state index contributed by atoms with van der Waals surface area (Å²) in [6.07, 6.45) is 7.55. The van der Waals surface area contributed by atoms with Crippen LogP contribution in [0.25, 0.3) is 0 Å². The molecular formula is C13H26N2O. The first kappa shape index (κ1) is 13.3. The van der Waals surface area contributed by atoms with Gasteiger partial charge in [-0.05, 0) is 32.1 Å². The molecule has 2 atom stereocenters. The minimum absolute atomic E-state index is 0.0934. The van der Waals surface area contributed by atoms with Gasteiger partial charge in [0.15, 0.2) is 0 Å². The molecule has 2 amide bonds. The van der Waals surface area contributed by atoms with Crippen LogP contribution in [0, 0.1) is 5.92 Å². The Hall–Kier alpha value is -0.730. The van der Waals surface area contributed by atoms with Crippen LogP contribution >= 0.6 is 0 Å². The second kappa shape index (κ2) is 6.77. The Labute approximate surface area is 99.6 Å². The van der Waals surface area contributed by atoms with Gasteiger partial charge < -0.3 is 10.2 Å². The van der Waals surface area contributed by atoms with E-state index in [1.165, 1.54) is 32.1 Å². The van der Waals surface area contributed by atoms with Gasteiger partial charge in [0.25, 0.3) is 0 Å². The average Bonchev–Trinajstić information content (AvgIpc) is 2.72. The highest BCUT2D eigenvalue weighted by atomic mass is 16.2. The molecule has 94 valence electrons. The Bertz CT molecular complexity index is 218. The minimum atomic E-state index is 0.0934. The summed E-state index contributed by atoms with van der Waals surface area (Å²) in [5, 5.41) is 3.18. The molecule has 0 aliphatic heterocycles. The molecule has 16 heavy (non-hydrogen) atoms. The van der Waals surface area contributed by atoms with Crippen molar-refractivity contribution in [2.24, 2.45) is 5.92 Å². The smallest absolute Gasteiger partial charge is 0.317 e. The molecule has 0 bridgehead atoms.